The minimum atomic E-state index is 0.379. The van der Waals surface area contributed by atoms with Crippen molar-refractivity contribution in [1.29, 1.82) is 0 Å². The molecular weight excluding hydrogens is 482 g/mol. The molecule has 3 aromatic carbocycles. The smallest absolute Gasteiger partial charge is 0.161 e. The predicted octanol–water partition coefficient (Wildman–Crippen LogP) is 7.42. The number of ether oxygens (including phenoxy) is 2. The molecule has 0 radical (unpaired) electrons. The van der Waals surface area contributed by atoms with E-state index in [1.165, 1.54) is 41.4 Å². The largest absolute Gasteiger partial charge is 0.493 e. The zero-order valence-corrected chi connectivity index (χ0v) is 24.0. The lowest BCUT2D eigenvalue weighted by Gasteiger charge is -2.43. The summed E-state index contributed by atoms with van der Waals surface area (Å²) in [6, 6.07) is 22.8. The van der Waals surface area contributed by atoms with Crippen molar-refractivity contribution in [2.24, 2.45) is 5.92 Å². The Morgan fingerprint density at radius 1 is 0.872 bits per heavy atom. The lowest BCUT2D eigenvalue weighted by molar-refractivity contribution is 0.144. The summed E-state index contributed by atoms with van der Waals surface area (Å²) in [5.41, 5.74) is 9.26. The average molecular weight is 524 g/mol. The lowest BCUT2D eigenvalue weighted by Crippen LogP contribution is -2.42. The van der Waals surface area contributed by atoms with Crippen molar-refractivity contribution in [3.8, 4) is 22.8 Å². The first-order valence-electron chi connectivity index (χ1n) is 14.4. The summed E-state index contributed by atoms with van der Waals surface area (Å²) in [6.45, 7) is 7.93. The third-order valence-electron chi connectivity index (χ3n) is 9.01. The average Bonchev–Trinajstić information content (AvgIpc) is 3.36. The van der Waals surface area contributed by atoms with Crippen molar-refractivity contribution >= 4 is 16.6 Å². The van der Waals surface area contributed by atoms with E-state index in [-0.39, 0.29) is 0 Å². The topological polar surface area (TPSA) is 40.7 Å². The number of fused-ring (bicyclic) bond motifs is 2. The van der Waals surface area contributed by atoms with Gasteiger partial charge >= 0.3 is 0 Å². The van der Waals surface area contributed by atoms with Gasteiger partial charge in [0.15, 0.2) is 11.5 Å². The molecule has 1 aromatic heterocycles. The van der Waals surface area contributed by atoms with Gasteiger partial charge in [0.05, 0.1) is 19.9 Å². The van der Waals surface area contributed by atoms with Gasteiger partial charge in [0, 0.05) is 47.8 Å². The van der Waals surface area contributed by atoms with Gasteiger partial charge in [0.25, 0.3) is 0 Å². The molecule has 1 atom stereocenters. The van der Waals surface area contributed by atoms with Crippen molar-refractivity contribution in [2.75, 3.05) is 45.8 Å². The second kappa shape index (κ2) is 10.6. The Bertz CT molecular complexity index is 1460. The number of H-pyrrole nitrogens is 1. The summed E-state index contributed by atoms with van der Waals surface area (Å²) in [5, 5.41) is 1.32. The number of aromatic amines is 1. The number of nitrogens with one attached hydrogen (secondary N) is 1. The van der Waals surface area contributed by atoms with Crippen LogP contribution in [-0.4, -0.2) is 50.8 Å². The fourth-order valence-corrected chi connectivity index (χ4v) is 7.03. The molecule has 0 amide bonds. The summed E-state index contributed by atoms with van der Waals surface area (Å²) < 4.78 is 11.1. The van der Waals surface area contributed by atoms with Gasteiger partial charge in [-0.2, -0.15) is 0 Å². The zero-order valence-electron chi connectivity index (χ0n) is 24.0. The molecule has 204 valence electrons. The summed E-state index contributed by atoms with van der Waals surface area (Å²) >= 11 is 0. The molecule has 5 nitrogen and oxygen atoms in total. The van der Waals surface area contributed by atoms with Crippen molar-refractivity contribution in [3.05, 3.63) is 77.4 Å². The molecule has 0 spiro atoms. The number of methoxy groups -OCH3 is 2. The number of likely N-dealkylation sites (N-methyl/N-ethyl adjacent to an activating group) is 1. The first kappa shape index (κ1) is 25.8. The van der Waals surface area contributed by atoms with Crippen molar-refractivity contribution < 1.29 is 9.47 Å². The van der Waals surface area contributed by atoms with Gasteiger partial charge in [0.1, 0.15) is 0 Å². The van der Waals surface area contributed by atoms with Gasteiger partial charge in [0.2, 0.25) is 0 Å². The first-order chi connectivity index (χ1) is 19.0. The van der Waals surface area contributed by atoms with E-state index in [9.17, 15) is 0 Å². The van der Waals surface area contributed by atoms with Crippen LogP contribution in [0.15, 0.2) is 60.7 Å². The molecule has 2 aliphatic heterocycles. The van der Waals surface area contributed by atoms with E-state index in [4.69, 9.17) is 9.47 Å². The van der Waals surface area contributed by atoms with E-state index in [2.05, 4.69) is 90.3 Å². The highest BCUT2D eigenvalue weighted by molar-refractivity contribution is 5.94. The van der Waals surface area contributed by atoms with Gasteiger partial charge in [-0.05, 0) is 91.2 Å². The zero-order chi connectivity index (χ0) is 27.1. The predicted molar refractivity (Wildman–Crippen MR) is 161 cm³/mol. The molecule has 2 aliphatic rings. The Morgan fingerprint density at radius 3 is 2.38 bits per heavy atom. The maximum atomic E-state index is 5.60. The molecule has 1 unspecified atom stereocenters. The number of hydrogen-bond donors (Lipinski definition) is 1. The van der Waals surface area contributed by atoms with Crippen LogP contribution in [0.1, 0.15) is 55.3 Å². The highest BCUT2D eigenvalue weighted by Gasteiger charge is 2.34. The molecule has 39 heavy (non-hydrogen) atoms. The summed E-state index contributed by atoms with van der Waals surface area (Å²) in [6.07, 6.45) is 3.62. The first-order valence-corrected chi connectivity index (χ1v) is 14.4. The van der Waals surface area contributed by atoms with Crippen LogP contribution in [0.4, 0.5) is 5.69 Å². The van der Waals surface area contributed by atoms with Crippen LogP contribution in [0.5, 0.6) is 11.5 Å². The SMILES string of the molecule is COc1ccc(-c2[nH]c3ccc(N4CCC(C5c6ccccc6CCN5C)CC4)cc3c2C(C)C)cc1OC. The standard InChI is InChI=1S/C34H41N3O2/c1-22(2)32-28-21-26(11-12-29(28)35-33(32)25-10-13-30(38-4)31(20-25)39-5)37-18-15-24(16-19-37)34-27-9-7-6-8-23(27)14-17-36(34)3/h6-13,20-22,24,34-35H,14-19H2,1-5H3. The fraction of sp³-hybridized carbons (Fsp3) is 0.412. The molecule has 3 heterocycles. The van der Waals surface area contributed by atoms with E-state index in [1.807, 2.05) is 6.07 Å². The van der Waals surface area contributed by atoms with Crippen molar-refractivity contribution in [3.63, 3.8) is 0 Å². The Hall–Kier alpha value is -3.44. The Morgan fingerprint density at radius 2 is 1.64 bits per heavy atom. The van der Waals surface area contributed by atoms with Gasteiger partial charge in [-0.1, -0.05) is 38.1 Å². The second-order valence-corrected chi connectivity index (χ2v) is 11.6. The van der Waals surface area contributed by atoms with Crippen LogP contribution in [0.3, 0.4) is 0 Å². The van der Waals surface area contributed by atoms with Gasteiger partial charge in [-0.15, -0.1) is 0 Å². The Balaban J connectivity index is 1.27. The molecule has 0 aliphatic carbocycles. The van der Waals surface area contributed by atoms with Crippen LogP contribution in [0.2, 0.25) is 0 Å². The number of aromatic nitrogens is 1. The molecular formula is C34H41N3O2. The number of anilines is 1. The second-order valence-electron chi connectivity index (χ2n) is 11.6. The van der Waals surface area contributed by atoms with Crippen LogP contribution in [0, 0.1) is 5.92 Å². The quantitative estimate of drug-likeness (QED) is 0.285. The van der Waals surface area contributed by atoms with Gasteiger partial charge in [-0.3, -0.25) is 4.90 Å². The summed E-state index contributed by atoms with van der Waals surface area (Å²) in [5.74, 6) is 2.58. The highest BCUT2D eigenvalue weighted by atomic mass is 16.5. The summed E-state index contributed by atoms with van der Waals surface area (Å²) in [4.78, 5) is 8.92. The summed E-state index contributed by atoms with van der Waals surface area (Å²) in [7, 11) is 5.68. The van der Waals surface area contributed by atoms with E-state index in [1.54, 1.807) is 25.3 Å². The molecule has 5 heteroatoms. The lowest BCUT2D eigenvalue weighted by atomic mass is 9.80. The normalized spacial score (nSPS) is 18.5. The van der Waals surface area contributed by atoms with E-state index < -0.39 is 0 Å². The number of rotatable bonds is 6. The van der Waals surface area contributed by atoms with Crippen molar-refractivity contribution in [1.82, 2.24) is 9.88 Å². The van der Waals surface area contributed by atoms with Gasteiger partial charge < -0.3 is 19.4 Å². The van der Waals surface area contributed by atoms with Crippen molar-refractivity contribution in [2.45, 2.75) is 45.1 Å². The monoisotopic (exact) mass is 523 g/mol. The number of hydrogen-bond acceptors (Lipinski definition) is 4. The molecule has 1 saturated heterocycles. The third-order valence-corrected chi connectivity index (χ3v) is 9.01. The Labute approximate surface area is 232 Å². The highest BCUT2D eigenvalue weighted by Crippen LogP contribution is 2.42. The number of nitrogens with zero attached hydrogens (tertiary/aromatic N) is 2. The number of benzene rings is 3. The van der Waals surface area contributed by atoms with Crippen LogP contribution in [0.25, 0.3) is 22.2 Å². The van der Waals surface area contributed by atoms with E-state index in [0.29, 0.717) is 17.9 Å². The molecule has 1 N–H and O–H groups in total. The van der Waals surface area contributed by atoms with Gasteiger partial charge in [-0.25, -0.2) is 0 Å². The minimum absolute atomic E-state index is 0.379. The maximum absolute atomic E-state index is 5.60. The minimum Gasteiger partial charge on any atom is -0.493 e. The maximum Gasteiger partial charge on any atom is 0.161 e. The molecule has 4 aromatic rings. The third kappa shape index (κ3) is 4.67. The van der Waals surface area contributed by atoms with Crippen LogP contribution >= 0.6 is 0 Å². The number of piperidine rings is 1. The van der Waals surface area contributed by atoms with E-state index >= 15 is 0 Å². The molecule has 6 rings (SSSR count). The molecule has 0 saturated carbocycles. The van der Waals surface area contributed by atoms with Crippen LogP contribution < -0.4 is 14.4 Å². The van der Waals surface area contributed by atoms with E-state index in [0.717, 1.165) is 42.4 Å². The molecule has 0 bridgehead atoms. The Kier molecular flexibility index (Phi) is 7.03. The molecule has 1 fully saturated rings. The van der Waals surface area contributed by atoms with Crippen LogP contribution in [-0.2, 0) is 6.42 Å². The fourth-order valence-electron chi connectivity index (χ4n) is 7.03.